The highest BCUT2D eigenvalue weighted by atomic mass is 16.7. The van der Waals surface area contributed by atoms with E-state index in [4.69, 9.17) is 9.31 Å². The molecule has 6 nitrogen and oxygen atoms in total. The fourth-order valence-electron chi connectivity index (χ4n) is 5.43. The van der Waals surface area contributed by atoms with E-state index >= 15 is 0 Å². The molecule has 3 aliphatic rings. The monoisotopic (exact) mass is 447 g/mol. The summed E-state index contributed by atoms with van der Waals surface area (Å²) in [5.74, 6) is -0.737. The van der Waals surface area contributed by atoms with Gasteiger partial charge < -0.3 is 14.4 Å². The van der Waals surface area contributed by atoms with Crippen LogP contribution in [0.15, 0.2) is 42.5 Å². The summed E-state index contributed by atoms with van der Waals surface area (Å²) in [6.07, 6.45) is 1.61. The normalized spacial score (nSPS) is 29.6. The van der Waals surface area contributed by atoms with Crippen molar-refractivity contribution >= 4 is 24.4 Å². The maximum absolute atomic E-state index is 12.7. The van der Waals surface area contributed by atoms with Crippen LogP contribution in [0.2, 0.25) is 0 Å². The number of imide groups is 1. The molecular formula is C26H30BNO5. The van der Waals surface area contributed by atoms with Gasteiger partial charge in [-0.3, -0.25) is 14.9 Å². The Kier molecular flexibility index (Phi) is 4.74. The standard InChI is InChI=1S/C26H30BNO5/c1-6-25(31)14-26(15-25,19-9-7-8-18-20(19)22(30)28-21(18)29)16-10-12-17(13-11-16)27-32-23(2,3)24(4,5)33-27/h7-13,31H,6,14-15H2,1-5H3,(H,28,29,30)/t25-,26+. The number of nitrogens with one attached hydrogen (secondary N) is 1. The Bertz CT molecular complexity index is 1130. The van der Waals surface area contributed by atoms with Crippen molar-refractivity contribution < 1.29 is 24.0 Å². The number of hydrogen-bond donors (Lipinski definition) is 2. The zero-order chi connectivity index (χ0) is 23.8. The van der Waals surface area contributed by atoms with Gasteiger partial charge in [-0.2, -0.15) is 0 Å². The van der Waals surface area contributed by atoms with E-state index < -0.39 is 29.3 Å². The molecule has 1 saturated heterocycles. The number of aliphatic hydroxyl groups is 1. The minimum Gasteiger partial charge on any atom is -0.399 e. The van der Waals surface area contributed by atoms with E-state index in [0.717, 1.165) is 16.6 Å². The maximum Gasteiger partial charge on any atom is 0.494 e. The molecule has 7 heteroatoms. The number of carbonyl (C=O) groups is 2. The average Bonchev–Trinajstić information content (AvgIpc) is 3.16. The van der Waals surface area contributed by atoms with E-state index in [0.29, 0.717) is 30.4 Å². The van der Waals surface area contributed by atoms with Crippen molar-refractivity contribution in [2.75, 3.05) is 0 Å². The molecular weight excluding hydrogens is 417 g/mol. The molecule has 1 aliphatic carbocycles. The van der Waals surface area contributed by atoms with Crippen LogP contribution < -0.4 is 10.8 Å². The number of hydrogen-bond acceptors (Lipinski definition) is 5. The van der Waals surface area contributed by atoms with Gasteiger partial charge in [-0.1, -0.05) is 43.3 Å². The molecule has 1 saturated carbocycles. The van der Waals surface area contributed by atoms with Gasteiger partial charge in [0.25, 0.3) is 11.8 Å². The summed E-state index contributed by atoms with van der Waals surface area (Å²) in [6.45, 7) is 10.1. The molecule has 33 heavy (non-hydrogen) atoms. The van der Waals surface area contributed by atoms with Crippen molar-refractivity contribution in [3.05, 3.63) is 64.7 Å². The molecule has 5 rings (SSSR count). The van der Waals surface area contributed by atoms with Crippen LogP contribution in [0.5, 0.6) is 0 Å². The zero-order valence-electron chi connectivity index (χ0n) is 19.8. The second-order valence-electron chi connectivity index (χ2n) is 10.7. The smallest absolute Gasteiger partial charge is 0.399 e. The second kappa shape index (κ2) is 7.01. The van der Waals surface area contributed by atoms with Crippen LogP contribution >= 0.6 is 0 Å². The summed E-state index contributed by atoms with van der Waals surface area (Å²) in [6, 6.07) is 13.5. The molecule has 0 spiro atoms. The van der Waals surface area contributed by atoms with Crippen molar-refractivity contribution in [2.24, 2.45) is 0 Å². The molecule has 0 aromatic heterocycles. The maximum atomic E-state index is 12.7. The quantitative estimate of drug-likeness (QED) is 0.556. The Morgan fingerprint density at radius 2 is 1.55 bits per heavy atom. The van der Waals surface area contributed by atoms with Crippen molar-refractivity contribution in [1.29, 1.82) is 0 Å². The lowest BCUT2D eigenvalue weighted by Gasteiger charge is -2.54. The van der Waals surface area contributed by atoms with Crippen molar-refractivity contribution in [3.63, 3.8) is 0 Å². The fraction of sp³-hybridized carbons (Fsp3) is 0.462. The first-order chi connectivity index (χ1) is 15.4. The Hall–Kier alpha value is -2.48. The Morgan fingerprint density at radius 3 is 2.12 bits per heavy atom. The molecule has 2 N–H and O–H groups in total. The van der Waals surface area contributed by atoms with Gasteiger partial charge in [0.1, 0.15) is 0 Å². The molecule has 2 aliphatic heterocycles. The van der Waals surface area contributed by atoms with Gasteiger partial charge in [0.15, 0.2) is 0 Å². The molecule has 2 aromatic rings. The van der Waals surface area contributed by atoms with E-state index in [1.54, 1.807) is 6.07 Å². The lowest BCUT2D eigenvalue weighted by atomic mass is 9.51. The summed E-state index contributed by atoms with van der Waals surface area (Å²) in [5, 5.41) is 13.4. The minimum atomic E-state index is -0.799. The van der Waals surface area contributed by atoms with E-state index in [-0.39, 0.29) is 11.8 Å². The largest absolute Gasteiger partial charge is 0.494 e. The van der Waals surface area contributed by atoms with Gasteiger partial charge in [0, 0.05) is 5.41 Å². The number of amides is 2. The van der Waals surface area contributed by atoms with Crippen LogP contribution in [0.25, 0.3) is 0 Å². The highest BCUT2D eigenvalue weighted by Crippen LogP contribution is 2.56. The van der Waals surface area contributed by atoms with E-state index in [2.05, 4.69) is 5.32 Å². The summed E-state index contributed by atoms with van der Waals surface area (Å²) < 4.78 is 12.4. The summed E-state index contributed by atoms with van der Waals surface area (Å²) in [5.41, 5.74) is 1.35. The number of fused-ring (bicyclic) bond motifs is 1. The van der Waals surface area contributed by atoms with Gasteiger partial charge in [0.05, 0.1) is 27.9 Å². The van der Waals surface area contributed by atoms with Crippen LogP contribution in [0.4, 0.5) is 0 Å². The van der Waals surface area contributed by atoms with Crippen LogP contribution in [-0.2, 0) is 14.7 Å². The third kappa shape index (κ3) is 3.21. The van der Waals surface area contributed by atoms with E-state index in [9.17, 15) is 14.7 Å². The molecule has 0 radical (unpaired) electrons. The Balaban J connectivity index is 1.55. The summed E-state index contributed by atoms with van der Waals surface area (Å²) in [4.78, 5) is 24.9. The summed E-state index contributed by atoms with van der Waals surface area (Å²) >= 11 is 0. The molecule has 0 unspecified atom stereocenters. The third-order valence-electron chi connectivity index (χ3n) is 8.19. The molecule has 2 heterocycles. The topological polar surface area (TPSA) is 84.9 Å². The number of benzene rings is 2. The fourth-order valence-corrected chi connectivity index (χ4v) is 5.43. The van der Waals surface area contributed by atoms with Crippen LogP contribution in [0, 0.1) is 0 Å². The van der Waals surface area contributed by atoms with Gasteiger partial charge >= 0.3 is 7.12 Å². The number of carbonyl (C=O) groups excluding carboxylic acids is 2. The van der Waals surface area contributed by atoms with Crippen LogP contribution in [-0.4, -0.2) is 40.8 Å². The van der Waals surface area contributed by atoms with Gasteiger partial charge in [-0.25, -0.2) is 0 Å². The first-order valence-corrected chi connectivity index (χ1v) is 11.6. The average molecular weight is 447 g/mol. The lowest BCUT2D eigenvalue weighted by Crippen LogP contribution is -2.55. The van der Waals surface area contributed by atoms with Gasteiger partial charge in [-0.15, -0.1) is 0 Å². The summed E-state index contributed by atoms with van der Waals surface area (Å²) in [7, 11) is -0.460. The molecule has 2 aromatic carbocycles. The zero-order valence-corrected chi connectivity index (χ0v) is 19.8. The molecule has 172 valence electrons. The van der Waals surface area contributed by atoms with Crippen LogP contribution in [0.1, 0.15) is 85.7 Å². The number of rotatable bonds is 4. The lowest BCUT2D eigenvalue weighted by molar-refractivity contribution is -0.0797. The van der Waals surface area contributed by atoms with Gasteiger partial charge in [0.2, 0.25) is 0 Å². The van der Waals surface area contributed by atoms with E-state index in [1.807, 2.05) is 71.0 Å². The Labute approximate surface area is 194 Å². The van der Waals surface area contributed by atoms with Crippen molar-refractivity contribution in [2.45, 2.75) is 76.1 Å². The van der Waals surface area contributed by atoms with Crippen LogP contribution in [0.3, 0.4) is 0 Å². The second-order valence-corrected chi connectivity index (χ2v) is 10.7. The highest BCUT2D eigenvalue weighted by Gasteiger charge is 2.57. The SMILES string of the molecule is CC[C@]1(O)C[C@@](c2ccc(B3OC(C)(C)C(C)(C)O3)cc2)(c2cccc3c2C(=O)NC3=O)C1. The first kappa shape index (κ1) is 22.3. The third-order valence-corrected chi connectivity index (χ3v) is 8.19. The molecule has 0 atom stereocenters. The minimum absolute atomic E-state index is 0.367. The molecule has 0 bridgehead atoms. The Morgan fingerprint density at radius 1 is 0.939 bits per heavy atom. The molecule has 2 amide bonds. The predicted molar refractivity (Wildman–Crippen MR) is 126 cm³/mol. The highest BCUT2D eigenvalue weighted by molar-refractivity contribution is 6.62. The van der Waals surface area contributed by atoms with E-state index in [1.165, 1.54) is 0 Å². The first-order valence-electron chi connectivity index (χ1n) is 11.6. The predicted octanol–water partition coefficient (Wildman–Crippen LogP) is 3.09. The van der Waals surface area contributed by atoms with Crippen molar-refractivity contribution in [1.82, 2.24) is 5.32 Å². The van der Waals surface area contributed by atoms with Gasteiger partial charge in [-0.05, 0) is 69.6 Å². The molecule has 2 fully saturated rings. The van der Waals surface area contributed by atoms with Crippen molar-refractivity contribution in [3.8, 4) is 0 Å².